The monoisotopic (exact) mass is 243 g/mol. The van der Waals surface area contributed by atoms with Gasteiger partial charge in [0.2, 0.25) is 0 Å². The molecule has 0 radical (unpaired) electrons. The fourth-order valence-corrected chi connectivity index (χ4v) is 2.02. The van der Waals surface area contributed by atoms with E-state index >= 15 is 0 Å². The van der Waals surface area contributed by atoms with Crippen molar-refractivity contribution in [2.24, 2.45) is 7.05 Å². The molecule has 1 aromatic carbocycles. The number of benzene rings is 1. The average molecular weight is 243 g/mol. The summed E-state index contributed by atoms with van der Waals surface area (Å²) in [5.41, 5.74) is 1.33. The zero-order valence-corrected chi connectivity index (χ0v) is 9.47. The summed E-state index contributed by atoms with van der Waals surface area (Å²) in [4.78, 5) is 0. The molecule has 0 atom stereocenters. The quantitative estimate of drug-likeness (QED) is 0.818. The lowest BCUT2D eigenvalue weighted by molar-refractivity contribution is -0.137. The predicted molar refractivity (Wildman–Crippen MR) is 58.6 cm³/mol. The Bertz CT molecular complexity index is 569. The lowest BCUT2D eigenvalue weighted by atomic mass is 10.1. The van der Waals surface area contributed by atoms with Gasteiger partial charge in [-0.25, -0.2) is 0 Å². The molecule has 2 rings (SSSR count). The molecule has 0 unspecified atom stereocenters. The van der Waals surface area contributed by atoms with Gasteiger partial charge in [0.05, 0.1) is 12.2 Å². The third-order valence-corrected chi connectivity index (χ3v) is 3.11. The van der Waals surface area contributed by atoms with Crippen LogP contribution in [0.4, 0.5) is 13.2 Å². The van der Waals surface area contributed by atoms with E-state index in [0.29, 0.717) is 16.5 Å². The molecule has 1 heterocycles. The molecular weight excluding hydrogens is 231 g/mol. The minimum Gasteiger partial charge on any atom is -0.392 e. The van der Waals surface area contributed by atoms with Crippen LogP contribution < -0.4 is 0 Å². The van der Waals surface area contributed by atoms with Crippen LogP contribution in [0.25, 0.3) is 10.9 Å². The van der Waals surface area contributed by atoms with Crippen molar-refractivity contribution in [3.05, 3.63) is 35.0 Å². The smallest absolute Gasteiger partial charge is 0.392 e. The van der Waals surface area contributed by atoms with Gasteiger partial charge in [-0.1, -0.05) is 0 Å². The summed E-state index contributed by atoms with van der Waals surface area (Å²) >= 11 is 0. The highest BCUT2D eigenvalue weighted by Gasteiger charge is 2.31. The van der Waals surface area contributed by atoms with Crippen molar-refractivity contribution in [2.45, 2.75) is 19.7 Å². The van der Waals surface area contributed by atoms with Gasteiger partial charge in [-0.3, -0.25) is 0 Å². The van der Waals surface area contributed by atoms with Gasteiger partial charge in [0.1, 0.15) is 0 Å². The standard InChI is InChI=1S/C12H12F3NO/c1-7-10(6-17)9-5-8(12(13,14)15)3-4-11(9)16(7)2/h3-5,17H,6H2,1-2H3. The second-order valence-electron chi connectivity index (χ2n) is 4.01. The molecule has 0 spiro atoms. The summed E-state index contributed by atoms with van der Waals surface area (Å²) < 4.78 is 39.5. The van der Waals surface area contributed by atoms with Crippen LogP contribution in [0.3, 0.4) is 0 Å². The zero-order chi connectivity index (χ0) is 12.8. The Morgan fingerprint density at radius 1 is 1.29 bits per heavy atom. The summed E-state index contributed by atoms with van der Waals surface area (Å²) in [5, 5.41) is 9.69. The fourth-order valence-electron chi connectivity index (χ4n) is 2.02. The Kier molecular flexibility index (Phi) is 2.66. The first kappa shape index (κ1) is 12.0. The number of aliphatic hydroxyl groups excluding tert-OH is 1. The van der Waals surface area contributed by atoms with Crippen molar-refractivity contribution in [1.82, 2.24) is 4.57 Å². The van der Waals surface area contributed by atoms with E-state index in [0.717, 1.165) is 17.8 Å². The van der Waals surface area contributed by atoms with E-state index in [1.165, 1.54) is 6.07 Å². The maximum Gasteiger partial charge on any atom is 0.416 e. The number of aliphatic hydroxyl groups is 1. The highest BCUT2D eigenvalue weighted by molar-refractivity contribution is 5.86. The molecule has 17 heavy (non-hydrogen) atoms. The summed E-state index contributed by atoms with van der Waals surface area (Å²) in [5.74, 6) is 0. The molecule has 0 aliphatic rings. The first-order chi connectivity index (χ1) is 7.86. The van der Waals surface area contributed by atoms with Crippen LogP contribution in [0.5, 0.6) is 0 Å². The van der Waals surface area contributed by atoms with E-state index in [9.17, 15) is 18.3 Å². The molecule has 0 saturated heterocycles. The number of fused-ring (bicyclic) bond motifs is 1. The van der Waals surface area contributed by atoms with Crippen molar-refractivity contribution in [1.29, 1.82) is 0 Å². The molecule has 2 aromatic rings. The molecule has 0 saturated carbocycles. The molecule has 1 N–H and O–H groups in total. The fraction of sp³-hybridized carbons (Fsp3) is 0.333. The van der Waals surface area contributed by atoms with E-state index in [4.69, 9.17) is 0 Å². The lowest BCUT2D eigenvalue weighted by Crippen LogP contribution is -2.04. The maximum atomic E-state index is 12.6. The molecule has 0 aliphatic carbocycles. The normalized spacial score (nSPS) is 12.4. The second-order valence-corrected chi connectivity index (χ2v) is 4.01. The van der Waals surface area contributed by atoms with Crippen LogP contribution in [-0.2, 0) is 19.8 Å². The van der Waals surface area contributed by atoms with E-state index in [2.05, 4.69) is 0 Å². The first-order valence-corrected chi connectivity index (χ1v) is 5.12. The van der Waals surface area contributed by atoms with E-state index in [1.807, 2.05) is 0 Å². The molecule has 2 nitrogen and oxygen atoms in total. The molecule has 92 valence electrons. The topological polar surface area (TPSA) is 25.2 Å². The van der Waals surface area contributed by atoms with Gasteiger partial charge < -0.3 is 9.67 Å². The third-order valence-electron chi connectivity index (χ3n) is 3.11. The Labute approximate surface area is 96.3 Å². The Hall–Kier alpha value is -1.49. The van der Waals surface area contributed by atoms with E-state index < -0.39 is 11.7 Å². The largest absolute Gasteiger partial charge is 0.416 e. The van der Waals surface area contributed by atoms with Crippen molar-refractivity contribution in [2.75, 3.05) is 0 Å². The molecule has 1 aromatic heterocycles. The lowest BCUT2D eigenvalue weighted by Gasteiger charge is -2.06. The van der Waals surface area contributed by atoms with Crippen molar-refractivity contribution in [3.63, 3.8) is 0 Å². The van der Waals surface area contributed by atoms with Gasteiger partial charge in [-0.15, -0.1) is 0 Å². The number of halogens is 3. The summed E-state index contributed by atoms with van der Waals surface area (Å²) in [6, 6.07) is 3.58. The SMILES string of the molecule is Cc1c(CO)c2cc(C(F)(F)F)ccc2n1C. The molecule has 0 bridgehead atoms. The number of hydrogen-bond donors (Lipinski definition) is 1. The van der Waals surface area contributed by atoms with Crippen LogP contribution in [0.2, 0.25) is 0 Å². The van der Waals surface area contributed by atoms with Crippen molar-refractivity contribution in [3.8, 4) is 0 Å². The van der Waals surface area contributed by atoms with E-state index in [1.54, 1.807) is 18.5 Å². The molecule has 5 heteroatoms. The van der Waals surface area contributed by atoms with Crippen molar-refractivity contribution < 1.29 is 18.3 Å². The Balaban J connectivity index is 2.77. The van der Waals surface area contributed by atoms with Gasteiger partial charge in [-0.2, -0.15) is 13.2 Å². The van der Waals surface area contributed by atoms with Crippen LogP contribution in [-0.4, -0.2) is 9.67 Å². The van der Waals surface area contributed by atoms with Gasteiger partial charge in [0.15, 0.2) is 0 Å². The maximum absolute atomic E-state index is 12.6. The molecule has 0 fully saturated rings. The second kappa shape index (κ2) is 3.77. The number of aryl methyl sites for hydroxylation is 1. The highest BCUT2D eigenvalue weighted by Crippen LogP contribution is 2.33. The number of alkyl halides is 3. The average Bonchev–Trinajstić information content (AvgIpc) is 2.50. The molecule has 0 amide bonds. The number of rotatable bonds is 1. The summed E-state index contributed by atoms with van der Waals surface area (Å²) in [6.07, 6.45) is -4.36. The van der Waals surface area contributed by atoms with Gasteiger partial charge in [-0.05, 0) is 25.1 Å². The Morgan fingerprint density at radius 2 is 1.94 bits per heavy atom. The summed E-state index contributed by atoms with van der Waals surface area (Å²) in [7, 11) is 1.77. The number of aromatic nitrogens is 1. The van der Waals surface area contributed by atoms with Crippen LogP contribution >= 0.6 is 0 Å². The molecule has 0 aliphatic heterocycles. The van der Waals surface area contributed by atoms with Gasteiger partial charge in [0, 0.05) is 29.2 Å². The van der Waals surface area contributed by atoms with Crippen LogP contribution in [0.15, 0.2) is 18.2 Å². The van der Waals surface area contributed by atoms with Gasteiger partial charge in [0.25, 0.3) is 0 Å². The van der Waals surface area contributed by atoms with Crippen LogP contribution in [0, 0.1) is 6.92 Å². The van der Waals surface area contributed by atoms with Crippen molar-refractivity contribution >= 4 is 10.9 Å². The number of nitrogens with zero attached hydrogens (tertiary/aromatic N) is 1. The third kappa shape index (κ3) is 1.80. The first-order valence-electron chi connectivity index (χ1n) is 5.12. The van der Waals surface area contributed by atoms with Crippen LogP contribution in [0.1, 0.15) is 16.8 Å². The van der Waals surface area contributed by atoms with Gasteiger partial charge >= 0.3 is 6.18 Å². The minimum absolute atomic E-state index is 0.259. The van der Waals surface area contributed by atoms with E-state index in [-0.39, 0.29) is 6.61 Å². The summed E-state index contributed by atoms with van der Waals surface area (Å²) in [6.45, 7) is 1.52. The molecular formula is C12H12F3NO. The predicted octanol–water partition coefficient (Wildman–Crippen LogP) is 3.00. The highest BCUT2D eigenvalue weighted by atomic mass is 19.4. The Morgan fingerprint density at radius 3 is 2.47 bits per heavy atom. The minimum atomic E-state index is -4.36. The number of hydrogen-bond acceptors (Lipinski definition) is 1. The zero-order valence-electron chi connectivity index (χ0n) is 9.47.